The van der Waals surface area contributed by atoms with Crippen molar-refractivity contribution in [3.05, 3.63) is 46.1 Å². The standard InChI is InChI=1S/C22H25FN2O6S2/c1-3-31-22(28)20-16-9-4-13(2)10-17(16)32-21(20)25-19(27)12-33(29,30)11-18(26)24-15-7-5-14(23)6-8-15/h5-8,13H,3-4,9-12H2,1-2H3,(H,24,26)(H,25,27). The van der Waals surface area contributed by atoms with Crippen molar-refractivity contribution in [1.29, 1.82) is 0 Å². The van der Waals surface area contributed by atoms with Gasteiger partial charge in [-0.15, -0.1) is 11.3 Å². The first kappa shape index (κ1) is 24.8. The molecule has 3 rings (SSSR count). The Hall–Kier alpha value is -2.79. The normalized spacial score (nSPS) is 15.4. The molecule has 8 nitrogen and oxygen atoms in total. The van der Waals surface area contributed by atoms with Crippen LogP contribution in [0.3, 0.4) is 0 Å². The summed E-state index contributed by atoms with van der Waals surface area (Å²) < 4.78 is 42.8. The topological polar surface area (TPSA) is 119 Å². The summed E-state index contributed by atoms with van der Waals surface area (Å²) in [5.41, 5.74) is 1.36. The fourth-order valence-electron chi connectivity index (χ4n) is 3.60. The van der Waals surface area contributed by atoms with Gasteiger partial charge >= 0.3 is 5.97 Å². The molecule has 1 heterocycles. The monoisotopic (exact) mass is 496 g/mol. The Morgan fingerprint density at radius 2 is 1.76 bits per heavy atom. The van der Waals surface area contributed by atoms with Gasteiger partial charge in [0.05, 0.1) is 12.2 Å². The maximum absolute atomic E-state index is 13.0. The Balaban J connectivity index is 1.68. The Morgan fingerprint density at radius 3 is 2.39 bits per heavy atom. The van der Waals surface area contributed by atoms with E-state index < -0.39 is 44.9 Å². The lowest BCUT2D eigenvalue weighted by atomic mass is 9.88. The van der Waals surface area contributed by atoms with Crippen LogP contribution < -0.4 is 10.6 Å². The minimum atomic E-state index is -4.09. The van der Waals surface area contributed by atoms with Crippen molar-refractivity contribution in [3.63, 3.8) is 0 Å². The second kappa shape index (κ2) is 10.4. The molecule has 1 aromatic heterocycles. The van der Waals surface area contributed by atoms with Crippen molar-refractivity contribution >= 4 is 49.6 Å². The number of fused-ring (bicyclic) bond motifs is 1. The van der Waals surface area contributed by atoms with Crippen LogP contribution in [0, 0.1) is 11.7 Å². The van der Waals surface area contributed by atoms with Crippen LogP contribution in [0.5, 0.6) is 0 Å². The highest BCUT2D eigenvalue weighted by molar-refractivity contribution is 7.92. The van der Waals surface area contributed by atoms with E-state index in [0.717, 1.165) is 35.4 Å². The number of carbonyl (C=O) groups is 3. The Kier molecular flexibility index (Phi) is 7.85. The zero-order valence-corrected chi connectivity index (χ0v) is 19.9. The predicted molar refractivity (Wildman–Crippen MR) is 124 cm³/mol. The number of nitrogens with one attached hydrogen (secondary N) is 2. The third kappa shape index (κ3) is 6.61. The molecule has 0 saturated carbocycles. The molecule has 0 radical (unpaired) electrons. The summed E-state index contributed by atoms with van der Waals surface area (Å²) in [7, 11) is -4.09. The highest BCUT2D eigenvalue weighted by atomic mass is 32.2. The summed E-state index contributed by atoms with van der Waals surface area (Å²) >= 11 is 1.25. The van der Waals surface area contributed by atoms with E-state index in [4.69, 9.17) is 4.74 Å². The van der Waals surface area contributed by atoms with E-state index in [1.807, 2.05) is 0 Å². The number of thiophene rings is 1. The molecule has 0 spiro atoms. The molecule has 1 aromatic carbocycles. The van der Waals surface area contributed by atoms with Gasteiger partial charge in [-0.3, -0.25) is 9.59 Å². The fraction of sp³-hybridized carbons (Fsp3) is 0.409. The Morgan fingerprint density at radius 1 is 1.12 bits per heavy atom. The van der Waals surface area contributed by atoms with Crippen LogP contribution in [-0.2, 0) is 37.0 Å². The SMILES string of the molecule is CCOC(=O)c1c(NC(=O)CS(=O)(=O)CC(=O)Nc2ccc(F)cc2)sc2c1CCC(C)C2. The van der Waals surface area contributed by atoms with Gasteiger partial charge in [-0.2, -0.15) is 0 Å². The highest BCUT2D eigenvalue weighted by Crippen LogP contribution is 2.40. The van der Waals surface area contributed by atoms with E-state index in [0.29, 0.717) is 12.3 Å². The minimum Gasteiger partial charge on any atom is -0.462 e. The van der Waals surface area contributed by atoms with Gasteiger partial charge in [0.2, 0.25) is 11.8 Å². The Bertz CT molecular complexity index is 1160. The largest absolute Gasteiger partial charge is 0.462 e. The first-order valence-electron chi connectivity index (χ1n) is 10.4. The van der Waals surface area contributed by atoms with E-state index in [1.165, 1.54) is 23.5 Å². The molecule has 0 fully saturated rings. The lowest BCUT2D eigenvalue weighted by Crippen LogP contribution is -2.30. The molecular weight excluding hydrogens is 471 g/mol. The number of anilines is 2. The summed E-state index contributed by atoms with van der Waals surface area (Å²) in [5.74, 6) is -4.14. The molecule has 2 amide bonds. The van der Waals surface area contributed by atoms with E-state index in [2.05, 4.69) is 17.6 Å². The van der Waals surface area contributed by atoms with E-state index in [-0.39, 0.29) is 22.9 Å². The smallest absolute Gasteiger partial charge is 0.341 e. The molecule has 1 unspecified atom stereocenters. The second-order valence-corrected chi connectivity index (χ2v) is 11.1. The van der Waals surface area contributed by atoms with Gasteiger partial charge in [0.25, 0.3) is 0 Å². The molecule has 2 aromatic rings. The summed E-state index contributed by atoms with van der Waals surface area (Å²) in [4.78, 5) is 38.1. The number of amides is 2. The number of ether oxygens (including phenoxy) is 1. The molecule has 0 aliphatic heterocycles. The number of sulfone groups is 1. The summed E-state index contributed by atoms with van der Waals surface area (Å²) in [6, 6.07) is 4.84. The first-order chi connectivity index (χ1) is 15.6. The van der Waals surface area contributed by atoms with Crippen molar-refractivity contribution in [2.45, 2.75) is 33.1 Å². The number of carbonyl (C=O) groups excluding carboxylic acids is 3. The van der Waals surface area contributed by atoms with Crippen LogP contribution in [0.1, 0.15) is 41.1 Å². The summed E-state index contributed by atoms with van der Waals surface area (Å²) in [6.07, 6.45) is 2.35. The van der Waals surface area contributed by atoms with E-state index in [1.54, 1.807) is 6.92 Å². The third-order valence-electron chi connectivity index (χ3n) is 5.07. The number of rotatable bonds is 8. The maximum atomic E-state index is 13.0. The molecule has 0 saturated heterocycles. The van der Waals surface area contributed by atoms with Crippen molar-refractivity contribution < 1.29 is 31.9 Å². The molecule has 2 N–H and O–H groups in total. The van der Waals surface area contributed by atoms with Crippen LogP contribution in [0.4, 0.5) is 15.1 Å². The third-order valence-corrected chi connectivity index (χ3v) is 7.65. The fourth-order valence-corrected chi connectivity index (χ4v) is 6.06. The molecular formula is C22H25FN2O6S2. The first-order valence-corrected chi connectivity index (χ1v) is 13.1. The van der Waals surface area contributed by atoms with Gasteiger partial charge in [-0.1, -0.05) is 6.92 Å². The van der Waals surface area contributed by atoms with Gasteiger partial charge in [0.15, 0.2) is 9.84 Å². The predicted octanol–water partition coefficient (Wildman–Crippen LogP) is 3.18. The van der Waals surface area contributed by atoms with Crippen molar-refractivity contribution in [2.24, 2.45) is 5.92 Å². The second-order valence-electron chi connectivity index (χ2n) is 7.91. The van der Waals surface area contributed by atoms with Crippen LogP contribution in [-0.4, -0.2) is 44.3 Å². The average Bonchev–Trinajstić information content (AvgIpc) is 3.05. The molecule has 0 bridgehead atoms. The minimum absolute atomic E-state index is 0.171. The number of benzene rings is 1. The van der Waals surface area contributed by atoms with E-state index >= 15 is 0 Å². The van der Waals surface area contributed by atoms with Crippen molar-refractivity contribution in [1.82, 2.24) is 0 Å². The summed E-state index contributed by atoms with van der Waals surface area (Å²) in [5, 5.41) is 5.15. The number of halogens is 1. The van der Waals surface area contributed by atoms with E-state index in [9.17, 15) is 27.2 Å². The molecule has 178 valence electrons. The maximum Gasteiger partial charge on any atom is 0.341 e. The van der Waals surface area contributed by atoms with Crippen molar-refractivity contribution in [3.8, 4) is 0 Å². The van der Waals surface area contributed by atoms with Crippen LogP contribution in [0.2, 0.25) is 0 Å². The average molecular weight is 497 g/mol. The molecule has 1 aliphatic rings. The van der Waals surface area contributed by atoms with Gasteiger partial charge < -0.3 is 15.4 Å². The number of esters is 1. The summed E-state index contributed by atoms with van der Waals surface area (Å²) in [6.45, 7) is 3.96. The lowest BCUT2D eigenvalue weighted by Gasteiger charge is -2.18. The number of hydrogen-bond donors (Lipinski definition) is 2. The molecule has 1 aliphatic carbocycles. The van der Waals surface area contributed by atoms with Crippen LogP contribution >= 0.6 is 11.3 Å². The van der Waals surface area contributed by atoms with Crippen LogP contribution in [0.15, 0.2) is 24.3 Å². The Labute approximate surface area is 195 Å². The quantitative estimate of drug-likeness (QED) is 0.542. The molecule has 33 heavy (non-hydrogen) atoms. The zero-order valence-electron chi connectivity index (χ0n) is 18.3. The lowest BCUT2D eigenvalue weighted by molar-refractivity contribution is -0.114. The van der Waals surface area contributed by atoms with Gasteiger partial charge in [0.1, 0.15) is 22.3 Å². The molecule has 1 atom stereocenters. The zero-order chi connectivity index (χ0) is 24.2. The van der Waals surface area contributed by atoms with Crippen LogP contribution in [0.25, 0.3) is 0 Å². The van der Waals surface area contributed by atoms with Gasteiger partial charge in [-0.25, -0.2) is 17.6 Å². The molecule has 11 heteroatoms. The van der Waals surface area contributed by atoms with Gasteiger partial charge in [-0.05, 0) is 61.9 Å². The van der Waals surface area contributed by atoms with Gasteiger partial charge in [0, 0.05) is 10.6 Å². The highest BCUT2D eigenvalue weighted by Gasteiger charge is 2.30. The van der Waals surface area contributed by atoms with Crippen molar-refractivity contribution in [2.75, 3.05) is 28.7 Å². The number of hydrogen-bond acceptors (Lipinski definition) is 7.